The van der Waals surface area contributed by atoms with Crippen molar-refractivity contribution in [3.05, 3.63) is 60.2 Å². The Balaban J connectivity index is 1.18. The predicted molar refractivity (Wildman–Crippen MR) is 125 cm³/mol. The summed E-state index contributed by atoms with van der Waals surface area (Å²) < 4.78 is 6.85. The first kappa shape index (κ1) is 21.9. The number of aryl methyl sites for hydroxylation is 1. The van der Waals surface area contributed by atoms with Crippen LogP contribution in [0.25, 0.3) is 22.5 Å². The standard InChI is InChI=1S/C25H26N6O3/c1-17-18-7-3-4-9-20(18)31(28-17)22(33)11-10-21(32)30-15-12-25(2,13-16-30)24-27-23(34-29-24)19-8-5-6-14-26-19/h3-9,14H,10-13,15-16H2,1-2H3. The van der Waals surface area contributed by atoms with E-state index >= 15 is 0 Å². The molecule has 1 aliphatic rings. The number of carbonyl (C=O) groups is 2. The van der Waals surface area contributed by atoms with E-state index in [9.17, 15) is 9.59 Å². The van der Waals surface area contributed by atoms with Gasteiger partial charge in [0, 0.05) is 42.9 Å². The zero-order valence-corrected chi connectivity index (χ0v) is 19.3. The van der Waals surface area contributed by atoms with Crippen LogP contribution in [0.4, 0.5) is 0 Å². The highest BCUT2D eigenvalue weighted by Crippen LogP contribution is 2.34. The molecule has 3 aromatic heterocycles. The zero-order valence-electron chi connectivity index (χ0n) is 19.3. The topological polar surface area (TPSA) is 107 Å². The molecule has 0 radical (unpaired) electrons. The lowest BCUT2D eigenvalue weighted by Gasteiger charge is -2.37. The normalized spacial score (nSPS) is 15.5. The average molecular weight is 459 g/mol. The Kier molecular flexibility index (Phi) is 5.69. The number of hydrogen-bond acceptors (Lipinski definition) is 7. The number of carbonyl (C=O) groups excluding carboxylic acids is 2. The van der Waals surface area contributed by atoms with Crippen molar-refractivity contribution in [2.24, 2.45) is 0 Å². The number of benzene rings is 1. The van der Waals surface area contributed by atoms with E-state index in [4.69, 9.17) is 4.52 Å². The van der Waals surface area contributed by atoms with E-state index < -0.39 is 0 Å². The molecule has 9 heteroatoms. The Morgan fingerprint density at radius 1 is 1.03 bits per heavy atom. The van der Waals surface area contributed by atoms with Crippen LogP contribution in [0.1, 0.15) is 48.9 Å². The summed E-state index contributed by atoms with van der Waals surface area (Å²) in [6.07, 6.45) is 3.41. The number of amides is 1. The van der Waals surface area contributed by atoms with E-state index in [1.807, 2.05) is 54.3 Å². The van der Waals surface area contributed by atoms with Crippen molar-refractivity contribution < 1.29 is 14.1 Å². The monoisotopic (exact) mass is 458 g/mol. The molecule has 1 aromatic carbocycles. The maximum absolute atomic E-state index is 12.8. The van der Waals surface area contributed by atoms with E-state index in [0.29, 0.717) is 30.5 Å². The lowest BCUT2D eigenvalue weighted by atomic mass is 9.79. The van der Waals surface area contributed by atoms with Gasteiger partial charge >= 0.3 is 0 Å². The van der Waals surface area contributed by atoms with Gasteiger partial charge in [0.15, 0.2) is 5.82 Å². The van der Waals surface area contributed by atoms with Crippen LogP contribution < -0.4 is 0 Å². The van der Waals surface area contributed by atoms with Gasteiger partial charge in [-0.2, -0.15) is 14.8 Å². The Labute approximate surface area is 196 Å². The molecule has 0 unspecified atom stereocenters. The number of aromatic nitrogens is 5. The maximum atomic E-state index is 12.8. The molecule has 1 saturated heterocycles. The minimum atomic E-state index is -0.283. The smallest absolute Gasteiger partial charge is 0.276 e. The highest BCUT2D eigenvalue weighted by atomic mass is 16.5. The number of para-hydroxylation sites is 1. The van der Waals surface area contributed by atoms with Gasteiger partial charge in [0.05, 0.1) is 11.2 Å². The van der Waals surface area contributed by atoms with Crippen molar-refractivity contribution in [2.75, 3.05) is 13.1 Å². The van der Waals surface area contributed by atoms with Crippen molar-refractivity contribution in [3.8, 4) is 11.6 Å². The molecule has 34 heavy (non-hydrogen) atoms. The minimum Gasteiger partial charge on any atom is -0.343 e. The van der Waals surface area contributed by atoms with Gasteiger partial charge < -0.3 is 9.42 Å². The van der Waals surface area contributed by atoms with E-state index in [0.717, 1.165) is 29.4 Å². The maximum Gasteiger partial charge on any atom is 0.276 e. The zero-order chi connectivity index (χ0) is 23.7. The Morgan fingerprint density at radius 2 is 1.76 bits per heavy atom. The van der Waals surface area contributed by atoms with Crippen LogP contribution >= 0.6 is 0 Å². The molecule has 0 saturated carbocycles. The summed E-state index contributed by atoms with van der Waals surface area (Å²) in [5.41, 5.74) is 1.94. The fourth-order valence-electron chi connectivity index (χ4n) is 4.43. The highest BCUT2D eigenvalue weighted by molar-refractivity contribution is 5.93. The van der Waals surface area contributed by atoms with Gasteiger partial charge in [-0.3, -0.25) is 14.6 Å². The van der Waals surface area contributed by atoms with Gasteiger partial charge in [-0.1, -0.05) is 36.3 Å². The minimum absolute atomic E-state index is 0.0223. The number of piperidine rings is 1. The molecule has 1 fully saturated rings. The lowest BCUT2D eigenvalue weighted by Crippen LogP contribution is -2.44. The number of fused-ring (bicyclic) bond motifs is 1. The Bertz CT molecular complexity index is 1340. The van der Waals surface area contributed by atoms with Gasteiger partial charge in [0.1, 0.15) is 5.69 Å². The third-order valence-electron chi connectivity index (χ3n) is 6.63. The molecule has 5 rings (SSSR count). The van der Waals surface area contributed by atoms with Crippen LogP contribution in [0.15, 0.2) is 53.2 Å². The molecule has 0 bridgehead atoms. The number of likely N-dealkylation sites (tertiary alicyclic amines) is 1. The number of nitrogens with zero attached hydrogens (tertiary/aromatic N) is 6. The largest absolute Gasteiger partial charge is 0.343 e. The Hall–Kier alpha value is -3.88. The predicted octanol–water partition coefficient (Wildman–Crippen LogP) is 3.79. The van der Waals surface area contributed by atoms with Crippen LogP contribution in [0.2, 0.25) is 0 Å². The summed E-state index contributed by atoms with van der Waals surface area (Å²) in [5.74, 6) is 0.839. The summed E-state index contributed by atoms with van der Waals surface area (Å²) in [6.45, 7) is 5.14. The summed E-state index contributed by atoms with van der Waals surface area (Å²) in [4.78, 5) is 36.2. The van der Waals surface area contributed by atoms with Gasteiger partial charge in [-0.25, -0.2) is 0 Å². The number of hydrogen-bond donors (Lipinski definition) is 0. The van der Waals surface area contributed by atoms with Crippen LogP contribution in [0.5, 0.6) is 0 Å². The van der Waals surface area contributed by atoms with Crippen LogP contribution in [-0.4, -0.2) is 54.7 Å². The molecule has 1 aliphatic heterocycles. The second kappa shape index (κ2) is 8.81. The molecular formula is C25H26N6O3. The van der Waals surface area contributed by atoms with Crippen LogP contribution in [0, 0.1) is 6.92 Å². The second-order valence-corrected chi connectivity index (χ2v) is 8.99. The highest BCUT2D eigenvalue weighted by Gasteiger charge is 2.37. The van der Waals surface area contributed by atoms with Crippen molar-refractivity contribution in [2.45, 2.75) is 44.9 Å². The molecule has 1 amide bonds. The van der Waals surface area contributed by atoms with Crippen molar-refractivity contribution >= 4 is 22.7 Å². The number of pyridine rings is 1. The summed E-state index contributed by atoms with van der Waals surface area (Å²) in [5, 5.41) is 9.51. The number of rotatable bonds is 5. The third-order valence-corrected chi connectivity index (χ3v) is 6.63. The fraction of sp³-hybridized carbons (Fsp3) is 0.360. The summed E-state index contributed by atoms with van der Waals surface area (Å²) in [6, 6.07) is 13.2. The van der Waals surface area contributed by atoms with Gasteiger partial charge in [0.25, 0.3) is 5.89 Å². The van der Waals surface area contributed by atoms with Gasteiger partial charge in [-0.05, 0) is 38.0 Å². The van der Waals surface area contributed by atoms with Crippen LogP contribution in [-0.2, 0) is 10.2 Å². The molecule has 0 N–H and O–H groups in total. The molecule has 174 valence electrons. The van der Waals surface area contributed by atoms with Crippen molar-refractivity contribution in [1.29, 1.82) is 0 Å². The van der Waals surface area contributed by atoms with E-state index in [1.165, 1.54) is 4.68 Å². The lowest BCUT2D eigenvalue weighted by molar-refractivity contribution is -0.132. The molecule has 9 nitrogen and oxygen atoms in total. The second-order valence-electron chi connectivity index (χ2n) is 8.99. The van der Waals surface area contributed by atoms with Crippen molar-refractivity contribution in [1.82, 2.24) is 29.8 Å². The molecule has 0 aliphatic carbocycles. The molecule has 0 atom stereocenters. The van der Waals surface area contributed by atoms with Crippen LogP contribution in [0.3, 0.4) is 0 Å². The average Bonchev–Trinajstić information content (AvgIpc) is 3.50. The molecule has 4 aromatic rings. The molecule has 0 spiro atoms. The van der Waals surface area contributed by atoms with Crippen molar-refractivity contribution in [3.63, 3.8) is 0 Å². The SMILES string of the molecule is Cc1nn(C(=O)CCC(=O)N2CCC(C)(c3noc(-c4ccccn4)n3)CC2)c2ccccc12. The summed E-state index contributed by atoms with van der Waals surface area (Å²) in [7, 11) is 0. The molecule has 4 heterocycles. The molecular weight excluding hydrogens is 432 g/mol. The van der Waals surface area contributed by atoms with Gasteiger partial charge in [0.2, 0.25) is 11.8 Å². The van der Waals surface area contributed by atoms with Gasteiger partial charge in [-0.15, -0.1) is 0 Å². The quantitative estimate of drug-likeness (QED) is 0.448. The fourth-order valence-corrected chi connectivity index (χ4v) is 4.43. The van der Waals surface area contributed by atoms with E-state index in [2.05, 4.69) is 27.1 Å². The first-order valence-corrected chi connectivity index (χ1v) is 11.5. The first-order valence-electron chi connectivity index (χ1n) is 11.5. The third kappa shape index (κ3) is 4.09. The van der Waals surface area contributed by atoms with E-state index in [-0.39, 0.29) is 30.1 Å². The van der Waals surface area contributed by atoms with E-state index in [1.54, 1.807) is 6.20 Å². The summed E-state index contributed by atoms with van der Waals surface area (Å²) >= 11 is 0. The first-order chi connectivity index (χ1) is 16.4. The Morgan fingerprint density at radius 3 is 2.53 bits per heavy atom.